The summed E-state index contributed by atoms with van der Waals surface area (Å²) < 4.78 is 48.7. The molecule has 0 spiro atoms. The van der Waals surface area contributed by atoms with Crippen LogP contribution in [0, 0.1) is 6.92 Å². The van der Waals surface area contributed by atoms with Crippen molar-refractivity contribution in [3.05, 3.63) is 47.7 Å². The molecule has 8 nitrogen and oxygen atoms in total. The molecule has 0 saturated carbocycles. The quantitative estimate of drug-likeness (QED) is 0.627. The van der Waals surface area contributed by atoms with Gasteiger partial charge in [0.25, 0.3) is 10.0 Å². The zero-order valence-electron chi connectivity index (χ0n) is 15.7. The molecule has 3 rings (SSSR count). The van der Waals surface area contributed by atoms with Crippen molar-refractivity contribution in [3.8, 4) is 11.5 Å². The van der Waals surface area contributed by atoms with Gasteiger partial charge in [0.05, 0.1) is 31.9 Å². The molecule has 28 heavy (non-hydrogen) atoms. The minimum absolute atomic E-state index is 0.0482. The van der Waals surface area contributed by atoms with Gasteiger partial charge in [0, 0.05) is 11.5 Å². The van der Waals surface area contributed by atoms with Crippen LogP contribution in [0.1, 0.15) is 16.1 Å². The van der Waals surface area contributed by atoms with E-state index in [-0.39, 0.29) is 21.9 Å². The Balaban J connectivity index is 2.09. The number of aryl methyl sites for hydroxylation is 1. The Labute approximate surface area is 162 Å². The van der Waals surface area contributed by atoms with Gasteiger partial charge in [0.2, 0.25) is 0 Å². The number of hydrogen-bond donors (Lipinski definition) is 1. The van der Waals surface area contributed by atoms with Crippen molar-refractivity contribution < 1.29 is 31.8 Å². The highest BCUT2D eigenvalue weighted by Crippen LogP contribution is 2.36. The number of carbonyl (C=O) groups excluding carboxylic acids is 1. The summed E-state index contributed by atoms with van der Waals surface area (Å²) in [7, 11) is 0.257. The standard InChI is InChI=1S/C19H19NO7S/c1-11-18(19(21)26-4)14-9-15(17(25-3)10-16(14)27-11)20-28(22,23)13-7-5-12(24-2)6-8-13/h5-10,20H,1-4H3. The highest BCUT2D eigenvalue weighted by molar-refractivity contribution is 7.92. The largest absolute Gasteiger partial charge is 0.497 e. The van der Waals surface area contributed by atoms with Crippen molar-refractivity contribution in [1.82, 2.24) is 0 Å². The van der Waals surface area contributed by atoms with Crippen LogP contribution >= 0.6 is 0 Å². The summed E-state index contributed by atoms with van der Waals surface area (Å²) in [6.07, 6.45) is 0. The van der Waals surface area contributed by atoms with Gasteiger partial charge in [-0.15, -0.1) is 0 Å². The third kappa shape index (κ3) is 3.48. The minimum atomic E-state index is -3.90. The monoisotopic (exact) mass is 405 g/mol. The summed E-state index contributed by atoms with van der Waals surface area (Å²) in [4.78, 5) is 12.1. The van der Waals surface area contributed by atoms with E-state index in [1.54, 1.807) is 19.1 Å². The first kappa shape index (κ1) is 19.6. The molecule has 9 heteroatoms. The smallest absolute Gasteiger partial charge is 0.342 e. The van der Waals surface area contributed by atoms with Gasteiger partial charge in [-0.25, -0.2) is 13.2 Å². The van der Waals surface area contributed by atoms with Crippen LogP contribution in [0.25, 0.3) is 11.0 Å². The highest BCUT2D eigenvalue weighted by Gasteiger charge is 2.23. The number of benzene rings is 2. The predicted octanol–water partition coefficient (Wildman–Crippen LogP) is 3.35. The van der Waals surface area contributed by atoms with Gasteiger partial charge < -0.3 is 18.6 Å². The van der Waals surface area contributed by atoms with Crippen molar-refractivity contribution in [1.29, 1.82) is 0 Å². The topological polar surface area (TPSA) is 104 Å². The maximum Gasteiger partial charge on any atom is 0.342 e. The van der Waals surface area contributed by atoms with E-state index < -0.39 is 16.0 Å². The molecule has 0 aliphatic rings. The zero-order valence-corrected chi connectivity index (χ0v) is 16.5. The summed E-state index contributed by atoms with van der Waals surface area (Å²) in [5.41, 5.74) is 0.768. The Hall–Kier alpha value is -3.20. The SMILES string of the molecule is COC(=O)c1c(C)oc2cc(OC)c(NS(=O)(=O)c3ccc(OC)cc3)cc12. The summed E-state index contributed by atoms with van der Waals surface area (Å²) >= 11 is 0. The second kappa shape index (κ2) is 7.43. The van der Waals surface area contributed by atoms with Crippen LogP contribution in [-0.4, -0.2) is 35.7 Å². The number of ether oxygens (including phenoxy) is 3. The highest BCUT2D eigenvalue weighted by atomic mass is 32.2. The van der Waals surface area contributed by atoms with E-state index in [2.05, 4.69) is 4.72 Å². The van der Waals surface area contributed by atoms with Gasteiger partial charge in [-0.1, -0.05) is 0 Å². The fraction of sp³-hybridized carbons (Fsp3) is 0.211. The van der Waals surface area contributed by atoms with Crippen LogP contribution in [0.4, 0.5) is 5.69 Å². The Bertz CT molecular complexity index is 1130. The second-order valence-electron chi connectivity index (χ2n) is 5.85. The molecule has 0 aliphatic heterocycles. The van der Waals surface area contributed by atoms with Crippen molar-refractivity contribution in [3.63, 3.8) is 0 Å². The van der Waals surface area contributed by atoms with Crippen molar-refractivity contribution in [2.75, 3.05) is 26.1 Å². The lowest BCUT2D eigenvalue weighted by atomic mass is 10.1. The predicted molar refractivity (Wildman–Crippen MR) is 103 cm³/mol. The molecule has 0 saturated heterocycles. The van der Waals surface area contributed by atoms with Gasteiger partial charge >= 0.3 is 5.97 Å². The number of nitrogens with one attached hydrogen (secondary N) is 1. The zero-order chi connectivity index (χ0) is 20.5. The molecule has 0 radical (unpaired) electrons. The van der Waals surface area contributed by atoms with E-state index >= 15 is 0 Å². The number of sulfonamides is 1. The first-order valence-corrected chi connectivity index (χ1v) is 9.65. The third-order valence-electron chi connectivity index (χ3n) is 4.19. The normalized spacial score (nSPS) is 11.3. The minimum Gasteiger partial charge on any atom is -0.497 e. The molecule has 0 aliphatic carbocycles. The Morgan fingerprint density at radius 2 is 1.71 bits per heavy atom. The lowest BCUT2D eigenvalue weighted by molar-refractivity contribution is 0.0600. The lowest BCUT2D eigenvalue weighted by Crippen LogP contribution is -2.13. The van der Waals surface area contributed by atoms with Crippen LogP contribution in [0.5, 0.6) is 11.5 Å². The molecule has 0 bridgehead atoms. The van der Waals surface area contributed by atoms with Crippen LogP contribution in [0.15, 0.2) is 45.7 Å². The fourth-order valence-corrected chi connectivity index (χ4v) is 3.87. The molecule has 2 aromatic carbocycles. The van der Waals surface area contributed by atoms with Crippen LogP contribution in [0.3, 0.4) is 0 Å². The second-order valence-corrected chi connectivity index (χ2v) is 7.54. The van der Waals surface area contributed by atoms with Gasteiger partial charge in [0.15, 0.2) is 0 Å². The number of fused-ring (bicyclic) bond motifs is 1. The Morgan fingerprint density at radius 1 is 1.04 bits per heavy atom. The number of furan rings is 1. The molecular weight excluding hydrogens is 386 g/mol. The molecule has 0 amide bonds. The average molecular weight is 405 g/mol. The summed E-state index contributed by atoms with van der Waals surface area (Å²) in [6, 6.07) is 8.94. The fourth-order valence-electron chi connectivity index (χ4n) is 2.81. The molecule has 0 fully saturated rings. The molecule has 1 N–H and O–H groups in total. The summed E-state index contributed by atoms with van der Waals surface area (Å²) in [6.45, 7) is 1.62. The van der Waals surface area contributed by atoms with Crippen molar-refractivity contribution in [2.24, 2.45) is 0 Å². The molecule has 1 aromatic heterocycles. The molecular formula is C19H19NO7S. The van der Waals surface area contributed by atoms with Crippen LogP contribution in [-0.2, 0) is 14.8 Å². The van der Waals surface area contributed by atoms with Crippen LogP contribution < -0.4 is 14.2 Å². The first-order chi connectivity index (χ1) is 13.3. The number of esters is 1. The summed E-state index contributed by atoms with van der Waals surface area (Å²) in [5.74, 6) is 0.564. The van der Waals surface area contributed by atoms with Gasteiger partial charge in [-0.05, 0) is 37.3 Å². The Morgan fingerprint density at radius 3 is 2.29 bits per heavy atom. The van der Waals surface area contributed by atoms with E-state index in [4.69, 9.17) is 18.6 Å². The number of anilines is 1. The average Bonchev–Trinajstić information content (AvgIpc) is 3.01. The molecule has 3 aromatic rings. The van der Waals surface area contributed by atoms with Gasteiger partial charge in [-0.3, -0.25) is 4.72 Å². The molecule has 0 unspecified atom stereocenters. The Kier molecular flexibility index (Phi) is 5.19. The first-order valence-electron chi connectivity index (χ1n) is 8.17. The maximum atomic E-state index is 12.8. The lowest BCUT2D eigenvalue weighted by Gasteiger charge is -2.12. The summed E-state index contributed by atoms with van der Waals surface area (Å²) in [5, 5.41) is 0.414. The van der Waals surface area contributed by atoms with Crippen molar-refractivity contribution in [2.45, 2.75) is 11.8 Å². The van der Waals surface area contributed by atoms with E-state index in [9.17, 15) is 13.2 Å². The number of methoxy groups -OCH3 is 3. The number of carbonyl (C=O) groups is 1. The van der Waals surface area contributed by atoms with Gasteiger partial charge in [0.1, 0.15) is 28.4 Å². The van der Waals surface area contributed by atoms with E-state index in [1.807, 2.05) is 0 Å². The number of hydrogen-bond acceptors (Lipinski definition) is 7. The number of rotatable bonds is 6. The molecule has 148 valence electrons. The molecule has 0 atom stereocenters. The van der Waals surface area contributed by atoms with E-state index in [1.165, 1.54) is 45.6 Å². The maximum absolute atomic E-state index is 12.8. The van der Waals surface area contributed by atoms with Gasteiger partial charge in [-0.2, -0.15) is 0 Å². The molecule has 1 heterocycles. The van der Waals surface area contributed by atoms with Crippen molar-refractivity contribution >= 4 is 32.6 Å². The van der Waals surface area contributed by atoms with E-state index in [0.717, 1.165) is 0 Å². The van der Waals surface area contributed by atoms with Crippen LogP contribution in [0.2, 0.25) is 0 Å². The third-order valence-corrected chi connectivity index (χ3v) is 5.57. The van der Waals surface area contributed by atoms with E-state index in [0.29, 0.717) is 22.5 Å².